The van der Waals surface area contributed by atoms with Crippen molar-refractivity contribution in [2.45, 2.75) is 16.7 Å². The number of nitrogens with one attached hydrogen (secondary N) is 1. The van der Waals surface area contributed by atoms with Crippen molar-refractivity contribution in [1.82, 2.24) is 4.31 Å². The highest BCUT2D eigenvalue weighted by molar-refractivity contribution is 8.00. The van der Waals surface area contributed by atoms with E-state index in [2.05, 4.69) is 11.4 Å². The van der Waals surface area contributed by atoms with Gasteiger partial charge in [0.25, 0.3) is 0 Å². The van der Waals surface area contributed by atoms with E-state index in [1.54, 1.807) is 19.1 Å². The van der Waals surface area contributed by atoms with Gasteiger partial charge < -0.3 is 5.32 Å². The van der Waals surface area contributed by atoms with E-state index < -0.39 is 10.0 Å². The molecule has 0 bridgehead atoms. The highest BCUT2D eigenvalue weighted by Gasteiger charge is 2.20. The topological polar surface area (TPSA) is 66.5 Å². The molecule has 0 saturated carbocycles. The van der Waals surface area contributed by atoms with Gasteiger partial charge in [0, 0.05) is 24.7 Å². The van der Waals surface area contributed by atoms with Crippen LogP contribution in [0.15, 0.2) is 70.5 Å². The minimum absolute atomic E-state index is 0.185. The van der Waals surface area contributed by atoms with Crippen LogP contribution < -0.4 is 5.32 Å². The number of hydrogen-bond acceptors (Lipinski definition) is 4. The van der Waals surface area contributed by atoms with E-state index in [0.29, 0.717) is 11.3 Å². The number of carbonyl (C=O) groups excluding carboxylic acids is 1. The van der Waals surface area contributed by atoms with E-state index in [9.17, 15) is 13.2 Å². The Morgan fingerprint density at radius 3 is 2.43 bits per heavy atom. The molecule has 3 rings (SSSR count). The lowest BCUT2D eigenvalue weighted by molar-refractivity contribution is -0.113. The van der Waals surface area contributed by atoms with Gasteiger partial charge in [-0.3, -0.25) is 4.79 Å². The number of thioether (sulfide) groups is 1. The van der Waals surface area contributed by atoms with Gasteiger partial charge in [0.2, 0.25) is 15.9 Å². The third kappa shape index (κ3) is 4.55. The standard InChI is InChI=1S/C21H22N2O3S2/c1-15-8-10-18(13-20(15)28(25,26)23(2)3)22-21(24)14-27-19-11-9-16-6-4-5-7-17(16)12-19/h4-13H,14H2,1-3H3,(H,22,24). The molecule has 5 nitrogen and oxygen atoms in total. The number of nitrogens with zero attached hydrogens (tertiary/aromatic N) is 1. The number of anilines is 1. The van der Waals surface area contributed by atoms with Crippen LogP contribution in [0.3, 0.4) is 0 Å². The summed E-state index contributed by atoms with van der Waals surface area (Å²) in [5, 5.41) is 5.07. The van der Waals surface area contributed by atoms with Gasteiger partial charge in [0.1, 0.15) is 0 Å². The number of carbonyl (C=O) groups is 1. The molecule has 0 radical (unpaired) electrons. The van der Waals surface area contributed by atoms with Crippen molar-refractivity contribution < 1.29 is 13.2 Å². The van der Waals surface area contributed by atoms with Crippen LogP contribution in [-0.2, 0) is 14.8 Å². The molecule has 0 saturated heterocycles. The van der Waals surface area contributed by atoms with Crippen LogP contribution in [0.4, 0.5) is 5.69 Å². The zero-order valence-corrected chi connectivity index (χ0v) is 17.6. The van der Waals surface area contributed by atoms with E-state index >= 15 is 0 Å². The second-order valence-corrected chi connectivity index (χ2v) is 9.78. The summed E-state index contributed by atoms with van der Waals surface area (Å²) in [6.45, 7) is 1.73. The van der Waals surface area contributed by atoms with Crippen LogP contribution in [0.5, 0.6) is 0 Å². The van der Waals surface area contributed by atoms with Gasteiger partial charge in [-0.1, -0.05) is 36.4 Å². The summed E-state index contributed by atoms with van der Waals surface area (Å²) >= 11 is 1.44. The number of sulfonamides is 1. The summed E-state index contributed by atoms with van der Waals surface area (Å²) in [6.07, 6.45) is 0. The second kappa shape index (κ2) is 8.34. The van der Waals surface area contributed by atoms with E-state index in [1.165, 1.54) is 31.9 Å². The summed E-state index contributed by atoms with van der Waals surface area (Å²) in [5.74, 6) is 0.0531. The largest absolute Gasteiger partial charge is 0.325 e. The Morgan fingerprint density at radius 1 is 1.00 bits per heavy atom. The summed E-state index contributed by atoms with van der Waals surface area (Å²) in [7, 11) is -0.592. The molecule has 0 unspecified atom stereocenters. The first kappa shape index (κ1) is 20.4. The minimum atomic E-state index is -3.57. The lowest BCUT2D eigenvalue weighted by Crippen LogP contribution is -2.23. The molecule has 0 aliphatic rings. The lowest BCUT2D eigenvalue weighted by atomic mass is 10.1. The average molecular weight is 415 g/mol. The molecule has 146 valence electrons. The first-order valence-electron chi connectivity index (χ1n) is 8.72. The van der Waals surface area contributed by atoms with Gasteiger partial charge in [0.15, 0.2) is 0 Å². The minimum Gasteiger partial charge on any atom is -0.325 e. The second-order valence-electron chi connectivity index (χ2n) is 6.61. The average Bonchev–Trinajstić information content (AvgIpc) is 2.67. The Bertz CT molecular complexity index is 1130. The molecule has 28 heavy (non-hydrogen) atoms. The fraction of sp³-hybridized carbons (Fsp3) is 0.190. The lowest BCUT2D eigenvalue weighted by Gasteiger charge is -2.15. The zero-order chi connectivity index (χ0) is 20.3. The maximum atomic E-state index is 12.4. The van der Waals surface area contributed by atoms with Crippen molar-refractivity contribution in [2.24, 2.45) is 0 Å². The van der Waals surface area contributed by atoms with E-state index in [-0.39, 0.29) is 16.6 Å². The van der Waals surface area contributed by atoms with Gasteiger partial charge in [-0.25, -0.2) is 12.7 Å². The molecule has 0 spiro atoms. The van der Waals surface area contributed by atoms with Gasteiger partial charge >= 0.3 is 0 Å². The molecule has 0 aliphatic carbocycles. The third-order valence-electron chi connectivity index (χ3n) is 4.32. The number of aryl methyl sites for hydroxylation is 1. The summed E-state index contributed by atoms with van der Waals surface area (Å²) in [6, 6.07) is 19.1. The molecule has 0 heterocycles. The molecule has 0 aliphatic heterocycles. The molecule has 1 N–H and O–H groups in total. The zero-order valence-electron chi connectivity index (χ0n) is 16.0. The van der Waals surface area contributed by atoms with Crippen molar-refractivity contribution in [3.63, 3.8) is 0 Å². The maximum absolute atomic E-state index is 12.4. The van der Waals surface area contributed by atoms with Crippen molar-refractivity contribution in [1.29, 1.82) is 0 Å². The SMILES string of the molecule is Cc1ccc(NC(=O)CSc2ccc3ccccc3c2)cc1S(=O)(=O)N(C)C. The van der Waals surface area contributed by atoms with Crippen LogP contribution in [0.1, 0.15) is 5.56 Å². The van der Waals surface area contributed by atoms with E-state index in [0.717, 1.165) is 20.0 Å². The number of hydrogen-bond donors (Lipinski definition) is 1. The van der Waals surface area contributed by atoms with Gasteiger partial charge in [-0.15, -0.1) is 11.8 Å². The van der Waals surface area contributed by atoms with Crippen LogP contribution in [0.2, 0.25) is 0 Å². The smallest absolute Gasteiger partial charge is 0.242 e. The van der Waals surface area contributed by atoms with Gasteiger partial charge in [-0.05, 0) is 47.5 Å². The van der Waals surface area contributed by atoms with Crippen LogP contribution >= 0.6 is 11.8 Å². The number of rotatable bonds is 6. The molecule has 3 aromatic carbocycles. The number of benzene rings is 3. The molecule has 1 amide bonds. The molecule has 7 heteroatoms. The van der Waals surface area contributed by atoms with Gasteiger partial charge in [0.05, 0.1) is 10.6 Å². The fourth-order valence-corrected chi connectivity index (χ4v) is 4.64. The van der Waals surface area contributed by atoms with Crippen molar-refractivity contribution >= 4 is 44.2 Å². The highest BCUT2D eigenvalue weighted by atomic mass is 32.2. The maximum Gasteiger partial charge on any atom is 0.242 e. The Morgan fingerprint density at radius 2 is 1.71 bits per heavy atom. The van der Waals surface area contributed by atoms with Gasteiger partial charge in [-0.2, -0.15) is 0 Å². The Labute approximate surface area is 169 Å². The van der Waals surface area contributed by atoms with Crippen molar-refractivity contribution in [3.8, 4) is 0 Å². The quantitative estimate of drug-likeness (QED) is 0.616. The van der Waals surface area contributed by atoms with Crippen LogP contribution in [0, 0.1) is 6.92 Å². The molecular weight excluding hydrogens is 392 g/mol. The highest BCUT2D eigenvalue weighted by Crippen LogP contribution is 2.25. The Kier molecular flexibility index (Phi) is 6.07. The monoisotopic (exact) mass is 414 g/mol. The molecule has 0 fully saturated rings. The first-order chi connectivity index (χ1) is 13.3. The Balaban J connectivity index is 1.69. The van der Waals surface area contributed by atoms with Crippen molar-refractivity contribution in [3.05, 3.63) is 66.2 Å². The van der Waals surface area contributed by atoms with Crippen molar-refractivity contribution in [2.75, 3.05) is 25.2 Å². The number of amides is 1. The van der Waals surface area contributed by atoms with Crippen LogP contribution in [0.25, 0.3) is 10.8 Å². The first-order valence-corrected chi connectivity index (χ1v) is 11.1. The van der Waals surface area contributed by atoms with E-state index in [1.807, 2.05) is 36.4 Å². The normalized spacial score (nSPS) is 11.7. The summed E-state index contributed by atoms with van der Waals surface area (Å²) in [4.78, 5) is 13.5. The number of fused-ring (bicyclic) bond motifs is 1. The summed E-state index contributed by atoms with van der Waals surface area (Å²) in [5.41, 5.74) is 1.10. The third-order valence-corrected chi connectivity index (χ3v) is 7.27. The predicted octanol–water partition coefficient (Wildman–Crippen LogP) is 4.13. The molecule has 3 aromatic rings. The predicted molar refractivity (Wildman–Crippen MR) is 115 cm³/mol. The molecule has 0 aromatic heterocycles. The van der Waals surface area contributed by atoms with Crippen LogP contribution in [-0.4, -0.2) is 38.5 Å². The fourth-order valence-electron chi connectivity index (χ4n) is 2.76. The summed E-state index contributed by atoms with van der Waals surface area (Å²) < 4.78 is 26.0. The molecular formula is C21H22N2O3S2. The Hall–Kier alpha value is -2.35. The molecule has 0 atom stereocenters. The van der Waals surface area contributed by atoms with E-state index in [4.69, 9.17) is 0 Å².